The number of rotatable bonds is 4. The molecule has 0 saturated carbocycles. The molecule has 7 nitrogen and oxygen atoms in total. The molecule has 138 valence electrons. The number of likely N-dealkylation sites (tertiary alicyclic amines) is 1. The molecule has 2 unspecified atom stereocenters. The number of hydrogen-bond donors (Lipinski definition) is 2. The van der Waals surface area contributed by atoms with E-state index in [1.807, 2.05) is 17.9 Å². The Labute approximate surface area is 165 Å². The maximum Gasteiger partial charge on any atom is 0.193 e. The van der Waals surface area contributed by atoms with Crippen LogP contribution in [0.1, 0.15) is 30.6 Å². The van der Waals surface area contributed by atoms with Crippen LogP contribution in [0, 0.1) is 0 Å². The first-order chi connectivity index (χ1) is 11.5. The Balaban J connectivity index is 0.00000225. The number of aryl methyl sites for hydroxylation is 1. The molecule has 0 spiro atoms. The lowest BCUT2D eigenvalue weighted by Crippen LogP contribution is -2.45. The molecule has 0 aliphatic carbocycles. The van der Waals surface area contributed by atoms with Crippen molar-refractivity contribution in [2.75, 3.05) is 26.7 Å². The van der Waals surface area contributed by atoms with Gasteiger partial charge in [0.15, 0.2) is 5.96 Å². The van der Waals surface area contributed by atoms with E-state index in [4.69, 9.17) is 4.42 Å². The predicted molar refractivity (Wildman–Crippen MR) is 107 cm³/mol. The average molecular weight is 459 g/mol. The molecule has 0 bridgehead atoms. The molecule has 1 fully saturated rings. The zero-order chi connectivity index (χ0) is 17.2. The molecular weight excluding hydrogens is 433 g/mol. The molecule has 1 saturated heterocycles. The van der Waals surface area contributed by atoms with E-state index in [9.17, 15) is 5.11 Å². The van der Waals surface area contributed by atoms with E-state index in [0.717, 1.165) is 25.5 Å². The van der Waals surface area contributed by atoms with E-state index in [2.05, 4.69) is 26.5 Å². The molecule has 25 heavy (non-hydrogen) atoms. The van der Waals surface area contributed by atoms with Gasteiger partial charge in [-0.2, -0.15) is 5.10 Å². The summed E-state index contributed by atoms with van der Waals surface area (Å²) in [5.74, 6) is 1.80. The van der Waals surface area contributed by atoms with Crippen molar-refractivity contribution in [3.05, 3.63) is 42.1 Å². The van der Waals surface area contributed by atoms with Gasteiger partial charge in [0, 0.05) is 39.3 Å². The highest BCUT2D eigenvalue weighted by molar-refractivity contribution is 14.0. The molecule has 0 radical (unpaired) electrons. The molecular formula is C17H26IN5O2. The topological polar surface area (TPSA) is 78.8 Å². The number of guanidine groups is 1. The molecule has 2 atom stereocenters. The molecule has 1 aliphatic heterocycles. The van der Waals surface area contributed by atoms with E-state index in [1.165, 1.54) is 5.56 Å². The molecule has 2 aromatic heterocycles. The minimum Gasteiger partial charge on any atom is -0.466 e. The summed E-state index contributed by atoms with van der Waals surface area (Å²) >= 11 is 0. The maximum absolute atomic E-state index is 10.6. The molecule has 2 aromatic rings. The lowest BCUT2D eigenvalue weighted by atomic mass is 10.0. The summed E-state index contributed by atoms with van der Waals surface area (Å²) < 4.78 is 7.15. The Hall–Kier alpha value is -1.55. The van der Waals surface area contributed by atoms with Gasteiger partial charge in [0.2, 0.25) is 0 Å². The fraction of sp³-hybridized carbons (Fsp3) is 0.529. The van der Waals surface area contributed by atoms with Crippen LogP contribution in [-0.2, 0) is 12.6 Å². The van der Waals surface area contributed by atoms with Gasteiger partial charge in [0.1, 0.15) is 11.4 Å². The van der Waals surface area contributed by atoms with Crippen LogP contribution in [0.15, 0.2) is 40.2 Å². The number of aliphatic imine (C=N–C) groups is 1. The maximum atomic E-state index is 10.6. The standard InChI is InChI=1S/C17H25N5O2.HI/c1-17(23,15-5-4-8-24-15)12-19-16(18-2)22-7-6-13(11-22)14-9-20-21(3)10-14;/h4-5,8-10,13,23H,6-7,11-12H2,1-3H3,(H,18,19);1H. The molecule has 0 aromatic carbocycles. The van der Waals surface area contributed by atoms with Crippen LogP contribution in [0.3, 0.4) is 0 Å². The number of nitrogens with one attached hydrogen (secondary N) is 1. The van der Waals surface area contributed by atoms with Crippen molar-refractivity contribution in [2.45, 2.75) is 24.9 Å². The van der Waals surface area contributed by atoms with Crippen molar-refractivity contribution in [1.29, 1.82) is 0 Å². The molecule has 8 heteroatoms. The molecule has 3 rings (SSSR count). The third-order valence-corrected chi connectivity index (χ3v) is 4.54. The summed E-state index contributed by atoms with van der Waals surface area (Å²) in [6.07, 6.45) is 6.65. The summed E-state index contributed by atoms with van der Waals surface area (Å²) in [7, 11) is 3.70. The molecule has 1 aliphatic rings. The third kappa shape index (κ3) is 4.55. The minimum atomic E-state index is -1.08. The van der Waals surface area contributed by atoms with Gasteiger partial charge in [-0.15, -0.1) is 24.0 Å². The van der Waals surface area contributed by atoms with Crippen molar-refractivity contribution >= 4 is 29.9 Å². The van der Waals surface area contributed by atoms with Gasteiger partial charge in [-0.05, 0) is 31.0 Å². The van der Waals surface area contributed by atoms with Gasteiger partial charge < -0.3 is 19.7 Å². The smallest absolute Gasteiger partial charge is 0.193 e. The fourth-order valence-corrected chi connectivity index (χ4v) is 3.13. The zero-order valence-corrected chi connectivity index (χ0v) is 17.2. The molecule has 3 heterocycles. The summed E-state index contributed by atoms with van der Waals surface area (Å²) in [6.45, 7) is 3.90. The summed E-state index contributed by atoms with van der Waals surface area (Å²) in [5.41, 5.74) is 0.181. The fourth-order valence-electron chi connectivity index (χ4n) is 3.13. The van der Waals surface area contributed by atoms with E-state index in [-0.39, 0.29) is 24.0 Å². The van der Waals surface area contributed by atoms with E-state index >= 15 is 0 Å². The summed E-state index contributed by atoms with van der Waals surface area (Å²) in [5, 5.41) is 18.1. The van der Waals surface area contributed by atoms with E-state index in [1.54, 1.807) is 32.4 Å². The van der Waals surface area contributed by atoms with Gasteiger partial charge in [-0.1, -0.05) is 0 Å². The minimum absolute atomic E-state index is 0. The van der Waals surface area contributed by atoms with Gasteiger partial charge in [0.25, 0.3) is 0 Å². The predicted octanol–water partition coefficient (Wildman–Crippen LogP) is 1.90. The van der Waals surface area contributed by atoms with Gasteiger partial charge in [-0.3, -0.25) is 9.67 Å². The second-order valence-electron chi connectivity index (χ2n) is 6.53. The van der Waals surface area contributed by atoms with Crippen LogP contribution < -0.4 is 5.32 Å². The van der Waals surface area contributed by atoms with Crippen LogP contribution in [0.4, 0.5) is 0 Å². The molecule has 0 amide bonds. The first-order valence-electron chi connectivity index (χ1n) is 8.20. The second-order valence-corrected chi connectivity index (χ2v) is 6.53. The Bertz CT molecular complexity index is 696. The van der Waals surface area contributed by atoms with Crippen molar-refractivity contribution in [3.8, 4) is 0 Å². The highest BCUT2D eigenvalue weighted by atomic mass is 127. The SMILES string of the molecule is CN=C(NCC(C)(O)c1ccco1)N1CCC(c2cnn(C)c2)C1.I. The number of furan rings is 1. The van der Waals surface area contributed by atoms with Crippen molar-refractivity contribution in [3.63, 3.8) is 0 Å². The second kappa shape index (κ2) is 8.22. The summed E-state index contributed by atoms with van der Waals surface area (Å²) in [4.78, 5) is 6.57. The lowest BCUT2D eigenvalue weighted by Gasteiger charge is -2.26. The number of aromatic nitrogens is 2. The number of nitrogens with zero attached hydrogens (tertiary/aromatic N) is 4. The number of aliphatic hydroxyl groups is 1. The highest BCUT2D eigenvalue weighted by Gasteiger charge is 2.30. The van der Waals surface area contributed by atoms with Crippen molar-refractivity contribution < 1.29 is 9.52 Å². The van der Waals surface area contributed by atoms with Crippen LogP contribution in [0.5, 0.6) is 0 Å². The van der Waals surface area contributed by atoms with Gasteiger partial charge in [0.05, 0.1) is 19.0 Å². The van der Waals surface area contributed by atoms with Crippen molar-refractivity contribution in [1.82, 2.24) is 20.0 Å². The largest absolute Gasteiger partial charge is 0.466 e. The summed E-state index contributed by atoms with van der Waals surface area (Å²) in [6, 6.07) is 3.55. The first-order valence-corrected chi connectivity index (χ1v) is 8.20. The average Bonchev–Trinajstić information content (AvgIpc) is 3.29. The van der Waals surface area contributed by atoms with Crippen molar-refractivity contribution in [2.24, 2.45) is 12.0 Å². The Morgan fingerprint density at radius 1 is 1.56 bits per heavy atom. The quantitative estimate of drug-likeness (QED) is 0.415. The number of halogens is 1. The van der Waals surface area contributed by atoms with E-state index < -0.39 is 5.60 Å². The molecule has 2 N–H and O–H groups in total. The highest BCUT2D eigenvalue weighted by Crippen LogP contribution is 2.27. The Kier molecular flexibility index (Phi) is 6.50. The Morgan fingerprint density at radius 2 is 2.36 bits per heavy atom. The van der Waals surface area contributed by atoms with Crippen LogP contribution in [0.25, 0.3) is 0 Å². The van der Waals surface area contributed by atoms with E-state index in [0.29, 0.717) is 18.2 Å². The lowest BCUT2D eigenvalue weighted by molar-refractivity contribution is 0.0381. The van der Waals surface area contributed by atoms with Crippen LogP contribution in [0.2, 0.25) is 0 Å². The van der Waals surface area contributed by atoms with Crippen LogP contribution >= 0.6 is 24.0 Å². The van der Waals surface area contributed by atoms with Crippen LogP contribution in [-0.4, -0.2) is 52.4 Å². The zero-order valence-electron chi connectivity index (χ0n) is 14.8. The van der Waals surface area contributed by atoms with Gasteiger partial charge >= 0.3 is 0 Å². The Morgan fingerprint density at radius 3 is 2.96 bits per heavy atom. The van der Waals surface area contributed by atoms with Gasteiger partial charge in [-0.25, -0.2) is 0 Å². The first kappa shape index (κ1) is 19.8. The third-order valence-electron chi connectivity index (χ3n) is 4.54. The monoisotopic (exact) mass is 459 g/mol. The number of hydrogen-bond acceptors (Lipinski definition) is 4. The normalized spacial score (nSPS) is 20.2.